The zero-order valence-electron chi connectivity index (χ0n) is 30.9. The molecular formula is C38H74N4O2. The van der Waals surface area contributed by atoms with Crippen LogP contribution in [-0.4, -0.2) is 57.5 Å². The van der Waals surface area contributed by atoms with Crippen LogP contribution in [0.25, 0.3) is 0 Å². The Bertz CT molecular complexity index is 833. The maximum absolute atomic E-state index is 13.0. The SMILES string of the molecule is CCCCCCCCCCCCC1CC(=O)N(C2CC(C)(C)NC(C)(C)C2)C1=O.CCCCNC1CC(C)(C)NC(C)(C)C1. The Morgan fingerprint density at radius 1 is 0.636 bits per heavy atom. The van der Waals surface area contributed by atoms with Crippen LogP contribution >= 0.6 is 0 Å². The summed E-state index contributed by atoms with van der Waals surface area (Å²) in [5, 5.41) is 11.1. The number of hydrogen-bond acceptors (Lipinski definition) is 5. The van der Waals surface area contributed by atoms with Gasteiger partial charge in [-0.25, -0.2) is 0 Å². The molecule has 3 N–H and O–H groups in total. The summed E-state index contributed by atoms with van der Waals surface area (Å²) in [6.07, 6.45) is 21.1. The monoisotopic (exact) mass is 619 g/mol. The summed E-state index contributed by atoms with van der Waals surface area (Å²) in [5.74, 6) is 0.0904. The molecule has 0 aliphatic carbocycles. The highest BCUT2D eigenvalue weighted by Crippen LogP contribution is 2.36. The standard InChI is InChI=1S/C25H46N2O2.C13H28N2/c1-6-7-8-9-10-11-12-13-14-15-16-20-17-22(28)27(23(20)29)21-18-24(2,3)26-25(4,5)19-21;1-6-7-8-14-11-9-12(2,3)15-13(4,5)10-11/h20-21,26H,6-19H2,1-5H3;11,14-15H,6-10H2,1-5H3. The average Bonchev–Trinajstić information content (AvgIpc) is 3.14. The van der Waals surface area contributed by atoms with Gasteiger partial charge in [0.15, 0.2) is 0 Å². The first-order valence-corrected chi connectivity index (χ1v) is 18.7. The Morgan fingerprint density at radius 3 is 1.55 bits per heavy atom. The predicted molar refractivity (Wildman–Crippen MR) is 188 cm³/mol. The van der Waals surface area contributed by atoms with Crippen molar-refractivity contribution in [1.82, 2.24) is 20.9 Å². The number of rotatable bonds is 16. The average molecular weight is 619 g/mol. The predicted octanol–water partition coefficient (Wildman–Crippen LogP) is 8.67. The van der Waals surface area contributed by atoms with Crippen LogP contribution in [0, 0.1) is 5.92 Å². The molecule has 0 saturated carbocycles. The minimum Gasteiger partial charge on any atom is -0.314 e. The van der Waals surface area contributed by atoms with Gasteiger partial charge >= 0.3 is 0 Å². The van der Waals surface area contributed by atoms with E-state index in [-0.39, 0.29) is 45.9 Å². The van der Waals surface area contributed by atoms with Crippen molar-refractivity contribution in [1.29, 1.82) is 0 Å². The van der Waals surface area contributed by atoms with Gasteiger partial charge in [-0.05, 0) is 100 Å². The number of nitrogens with one attached hydrogen (secondary N) is 3. The topological polar surface area (TPSA) is 73.5 Å². The van der Waals surface area contributed by atoms with Gasteiger partial charge in [-0.1, -0.05) is 84.5 Å². The Labute approximate surface area is 273 Å². The lowest BCUT2D eigenvalue weighted by molar-refractivity contribution is -0.144. The van der Waals surface area contributed by atoms with Gasteiger partial charge in [-0.15, -0.1) is 0 Å². The normalized spacial score (nSPS) is 24.8. The first-order valence-electron chi connectivity index (χ1n) is 18.7. The van der Waals surface area contributed by atoms with Crippen molar-refractivity contribution in [2.75, 3.05) is 6.54 Å². The molecule has 3 fully saturated rings. The molecular weight excluding hydrogens is 544 g/mol. The van der Waals surface area contributed by atoms with Gasteiger partial charge in [0.1, 0.15) is 0 Å². The van der Waals surface area contributed by atoms with E-state index in [4.69, 9.17) is 0 Å². The molecule has 0 spiro atoms. The van der Waals surface area contributed by atoms with Crippen molar-refractivity contribution in [2.45, 2.75) is 219 Å². The molecule has 0 aromatic rings. The minimum absolute atomic E-state index is 0.0407. The van der Waals surface area contributed by atoms with E-state index in [1.165, 1.54) is 90.0 Å². The van der Waals surface area contributed by atoms with Crippen molar-refractivity contribution in [2.24, 2.45) is 5.92 Å². The third kappa shape index (κ3) is 14.2. The third-order valence-corrected chi connectivity index (χ3v) is 9.87. The molecule has 0 radical (unpaired) electrons. The maximum atomic E-state index is 13.0. The highest BCUT2D eigenvalue weighted by atomic mass is 16.2. The molecule has 0 aromatic heterocycles. The Kier molecular flexibility index (Phi) is 15.9. The molecule has 3 aliphatic rings. The van der Waals surface area contributed by atoms with Gasteiger partial charge in [-0.3, -0.25) is 14.5 Å². The number of nitrogens with zero attached hydrogens (tertiary/aromatic N) is 1. The second-order valence-electron chi connectivity index (χ2n) is 17.2. The summed E-state index contributed by atoms with van der Waals surface area (Å²) >= 11 is 0. The minimum atomic E-state index is -0.0716. The number of carbonyl (C=O) groups is 2. The number of amides is 2. The number of imide groups is 1. The fourth-order valence-electron chi connectivity index (χ4n) is 8.60. The molecule has 3 aliphatic heterocycles. The zero-order valence-corrected chi connectivity index (χ0v) is 30.9. The quantitative estimate of drug-likeness (QED) is 0.119. The lowest BCUT2D eigenvalue weighted by atomic mass is 9.79. The smallest absolute Gasteiger partial charge is 0.233 e. The van der Waals surface area contributed by atoms with Gasteiger partial charge in [0.25, 0.3) is 0 Å². The zero-order chi connectivity index (χ0) is 33.0. The number of hydrogen-bond donors (Lipinski definition) is 3. The first kappa shape index (κ1) is 39.2. The third-order valence-electron chi connectivity index (χ3n) is 9.87. The molecule has 44 heavy (non-hydrogen) atoms. The summed E-state index contributed by atoms with van der Waals surface area (Å²) in [7, 11) is 0. The number of likely N-dealkylation sites (tertiary alicyclic amines) is 1. The second kappa shape index (κ2) is 17.8. The highest BCUT2D eigenvalue weighted by molar-refractivity contribution is 6.03. The van der Waals surface area contributed by atoms with E-state index >= 15 is 0 Å². The maximum Gasteiger partial charge on any atom is 0.233 e. The van der Waals surface area contributed by atoms with Crippen LogP contribution in [-0.2, 0) is 9.59 Å². The largest absolute Gasteiger partial charge is 0.314 e. The molecule has 3 rings (SSSR count). The molecule has 2 amide bonds. The number of unbranched alkanes of at least 4 members (excludes halogenated alkanes) is 10. The van der Waals surface area contributed by atoms with E-state index in [1.807, 2.05) is 0 Å². The van der Waals surface area contributed by atoms with E-state index in [1.54, 1.807) is 4.90 Å². The Hall–Kier alpha value is -0.980. The summed E-state index contributed by atoms with van der Waals surface area (Å²) in [6.45, 7) is 23.6. The van der Waals surface area contributed by atoms with Gasteiger partial charge in [0.05, 0.1) is 0 Å². The lowest BCUT2D eigenvalue weighted by Gasteiger charge is -2.48. The highest BCUT2D eigenvalue weighted by Gasteiger charge is 2.47. The van der Waals surface area contributed by atoms with E-state index < -0.39 is 0 Å². The van der Waals surface area contributed by atoms with Crippen LogP contribution in [0.2, 0.25) is 0 Å². The van der Waals surface area contributed by atoms with Gasteiger partial charge in [-0.2, -0.15) is 0 Å². The molecule has 1 unspecified atom stereocenters. The second-order valence-corrected chi connectivity index (χ2v) is 17.2. The molecule has 6 heteroatoms. The summed E-state index contributed by atoms with van der Waals surface area (Å²) in [5.41, 5.74) is 0.431. The van der Waals surface area contributed by atoms with Crippen LogP contribution in [0.15, 0.2) is 0 Å². The Morgan fingerprint density at radius 2 is 1.07 bits per heavy atom. The first-order chi connectivity index (χ1) is 20.5. The van der Waals surface area contributed by atoms with Crippen molar-refractivity contribution < 1.29 is 9.59 Å². The van der Waals surface area contributed by atoms with Crippen molar-refractivity contribution in [3.63, 3.8) is 0 Å². The van der Waals surface area contributed by atoms with E-state index in [0.29, 0.717) is 12.5 Å². The van der Waals surface area contributed by atoms with Gasteiger partial charge in [0.2, 0.25) is 11.8 Å². The van der Waals surface area contributed by atoms with E-state index in [2.05, 4.69) is 85.2 Å². The van der Waals surface area contributed by atoms with Crippen LogP contribution in [0.5, 0.6) is 0 Å². The van der Waals surface area contributed by atoms with Crippen molar-refractivity contribution in [3.8, 4) is 0 Å². The van der Waals surface area contributed by atoms with Crippen LogP contribution in [0.4, 0.5) is 0 Å². The molecule has 258 valence electrons. The van der Waals surface area contributed by atoms with E-state index in [0.717, 1.165) is 25.7 Å². The fourth-order valence-corrected chi connectivity index (χ4v) is 8.60. The molecule has 3 heterocycles. The molecule has 0 aromatic carbocycles. The van der Waals surface area contributed by atoms with Crippen LogP contribution in [0.3, 0.4) is 0 Å². The van der Waals surface area contributed by atoms with Gasteiger partial charge < -0.3 is 16.0 Å². The van der Waals surface area contributed by atoms with Crippen LogP contribution in [0.1, 0.15) is 185 Å². The van der Waals surface area contributed by atoms with Crippen LogP contribution < -0.4 is 16.0 Å². The summed E-state index contributed by atoms with van der Waals surface area (Å²) < 4.78 is 0. The van der Waals surface area contributed by atoms with Crippen molar-refractivity contribution in [3.05, 3.63) is 0 Å². The molecule has 1 atom stereocenters. The number of piperidine rings is 2. The van der Waals surface area contributed by atoms with Gasteiger partial charge in [0, 0.05) is 46.6 Å². The number of carbonyl (C=O) groups excluding carboxylic acids is 2. The molecule has 3 saturated heterocycles. The molecule has 6 nitrogen and oxygen atoms in total. The van der Waals surface area contributed by atoms with E-state index in [9.17, 15) is 9.59 Å². The Balaban J connectivity index is 0.000000378. The summed E-state index contributed by atoms with van der Waals surface area (Å²) in [6, 6.07) is 0.724. The fraction of sp³-hybridized carbons (Fsp3) is 0.947. The lowest BCUT2D eigenvalue weighted by Crippen LogP contribution is -2.62. The molecule has 0 bridgehead atoms. The van der Waals surface area contributed by atoms with Crippen molar-refractivity contribution >= 4 is 11.8 Å². The summed E-state index contributed by atoms with van der Waals surface area (Å²) in [4.78, 5) is 27.3.